The lowest BCUT2D eigenvalue weighted by Crippen LogP contribution is -2.18. The number of esters is 1. The minimum Gasteiger partial charge on any atom is -0.493 e. The second-order valence-electron chi connectivity index (χ2n) is 7.05. The molecule has 7 nitrogen and oxygen atoms in total. The zero-order valence-electron chi connectivity index (χ0n) is 16.3. The number of carbonyl (C=O) groups excluding carboxylic acids is 1. The molecule has 0 aliphatic rings. The molecule has 7 heteroatoms. The van der Waals surface area contributed by atoms with Crippen molar-refractivity contribution in [3.8, 4) is 17.2 Å². The molecule has 0 spiro atoms. The molecule has 0 N–H and O–H groups in total. The molecular formula is C21H23NO6. The van der Waals surface area contributed by atoms with E-state index >= 15 is 0 Å². The van der Waals surface area contributed by atoms with Gasteiger partial charge in [-0.1, -0.05) is 39.0 Å². The number of hydrogen-bond acceptors (Lipinski definition) is 6. The third kappa shape index (κ3) is 6.12. The minimum atomic E-state index is -0.591. The Balaban J connectivity index is 1.98. The first-order valence-corrected chi connectivity index (χ1v) is 8.63. The number of nitro groups is 1. The maximum Gasteiger partial charge on any atom is 0.349 e. The van der Waals surface area contributed by atoms with Crippen LogP contribution in [-0.2, 0) is 10.2 Å². The highest BCUT2D eigenvalue weighted by molar-refractivity contribution is 5.75. The number of carbonyl (C=O) groups is 1. The molecule has 0 fully saturated rings. The lowest BCUT2D eigenvalue weighted by atomic mass is 9.87. The van der Waals surface area contributed by atoms with Gasteiger partial charge in [0.15, 0.2) is 18.1 Å². The Kier molecular flexibility index (Phi) is 6.76. The summed E-state index contributed by atoms with van der Waals surface area (Å²) in [6.07, 6.45) is 2.14. The molecule has 0 saturated heterocycles. The number of ether oxygens (including phenoxy) is 3. The Morgan fingerprint density at radius 1 is 1.11 bits per heavy atom. The number of rotatable bonds is 7. The zero-order chi connectivity index (χ0) is 20.7. The lowest BCUT2D eigenvalue weighted by Gasteiger charge is -2.19. The summed E-state index contributed by atoms with van der Waals surface area (Å²) in [5.41, 5.74) is 1.75. The molecule has 0 atom stereocenters. The monoisotopic (exact) mass is 385 g/mol. The Morgan fingerprint density at radius 2 is 1.79 bits per heavy atom. The van der Waals surface area contributed by atoms with Gasteiger partial charge >= 0.3 is 5.97 Å². The van der Waals surface area contributed by atoms with Gasteiger partial charge < -0.3 is 14.2 Å². The molecule has 2 aromatic rings. The first kappa shape index (κ1) is 21.0. The molecule has 0 unspecified atom stereocenters. The molecule has 0 amide bonds. The average molecular weight is 385 g/mol. The SMILES string of the molecule is COc1cc(C=C[N+](=O)[O-])ccc1OC(=O)COc1ccc(C(C)(C)C)cc1. The van der Waals surface area contributed by atoms with Crippen LogP contribution in [0.5, 0.6) is 17.2 Å². The second kappa shape index (κ2) is 9.03. The molecule has 28 heavy (non-hydrogen) atoms. The van der Waals surface area contributed by atoms with E-state index < -0.39 is 10.9 Å². The highest BCUT2D eigenvalue weighted by Gasteiger charge is 2.14. The molecule has 2 rings (SSSR count). The van der Waals surface area contributed by atoms with Gasteiger partial charge in [-0.3, -0.25) is 10.1 Å². The summed E-state index contributed by atoms with van der Waals surface area (Å²) in [6, 6.07) is 12.2. The number of benzene rings is 2. The minimum absolute atomic E-state index is 0.0367. The van der Waals surface area contributed by atoms with Crippen molar-refractivity contribution in [1.29, 1.82) is 0 Å². The van der Waals surface area contributed by atoms with Crippen LogP contribution in [0.1, 0.15) is 31.9 Å². The first-order valence-electron chi connectivity index (χ1n) is 8.63. The molecule has 148 valence electrons. The highest BCUT2D eigenvalue weighted by Crippen LogP contribution is 2.29. The summed E-state index contributed by atoms with van der Waals surface area (Å²) in [7, 11) is 1.42. The topological polar surface area (TPSA) is 87.9 Å². The van der Waals surface area contributed by atoms with Crippen LogP contribution >= 0.6 is 0 Å². The van der Waals surface area contributed by atoms with Crippen LogP contribution in [0.4, 0.5) is 0 Å². The Bertz CT molecular complexity index is 865. The van der Waals surface area contributed by atoms with Crippen LogP contribution < -0.4 is 14.2 Å². The van der Waals surface area contributed by atoms with Crippen LogP contribution in [0, 0.1) is 10.1 Å². The predicted molar refractivity (Wildman–Crippen MR) is 105 cm³/mol. The molecule has 0 aromatic heterocycles. The number of hydrogen-bond donors (Lipinski definition) is 0. The van der Waals surface area contributed by atoms with Crippen LogP contribution in [0.25, 0.3) is 6.08 Å². The molecule has 0 aliphatic carbocycles. The summed E-state index contributed by atoms with van der Waals surface area (Å²) in [6.45, 7) is 6.09. The fourth-order valence-corrected chi connectivity index (χ4v) is 2.36. The predicted octanol–water partition coefficient (Wildman–Crippen LogP) is 4.22. The van der Waals surface area contributed by atoms with Crippen LogP contribution in [0.3, 0.4) is 0 Å². The Labute approximate surface area is 163 Å². The smallest absolute Gasteiger partial charge is 0.349 e. The standard InChI is InChI=1S/C21H23NO6/c1-21(2,3)16-6-8-17(9-7-16)27-14-20(23)28-18-10-5-15(11-12-22(24)25)13-19(18)26-4/h5-13H,14H2,1-4H3. The maximum atomic E-state index is 12.1. The number of nitrogens with zero attached hydrogens (tertiary/aromatic N) is 1. The van der Waals surface area contributed by atoms with Crippen LogP contribution in [-0.4, -0.2) is 24.6 Å². The van der Waals surface area contributed by atoms with Gasteiger partial charge in [0, 0.05) is 6.08 Å². The van der Waals surface area contributed by atoms with Crippen molar-refractivity contribution in [2.45, 2.75) is 26.2 Å². The van der Waals surface area contributed by atoms with Gasteiger partial charge in [0.2, 0.25) is 6.20 Å². The second-order valence-corrected chi connectivity index (χ2v) is 7.05. The van der Waals surface area contributed by atoms with Gasteiger partial charge in [0.1, 0.15) is 5.75 Å². The molecular weight excluding hydrogens is 362 g/mol. The average Bonchev–Trinajstić information content (AvgIpc) is 2.65. The summed E-state index contributed by atoms with van der Waals surface area (Å²) in [5.74, 6) is 0.467. The molecule has 2 aromatic carbocycles. The molecule has 0 heterocycles. The van der Waals surface area contributed by atoms with E-state index in [1.807, 2.05) is 24.3 Å². The maximum absolute atomic E-state index is 12.1. The zero-order valence-corrected chi connectivity index (χ0v) is 16.3. The fraction of sp³-hybridized carbons (Fsp3) is 0.286. The summed E-state index contributed by atoms with van der Waals surface area (Å²) < 4.78 is 15.9. The Hall–Kier alpha value is -3.35. The van der Waals surface area contributed by atoms with E-state index in [1.54, 1.807) is 6.07 Å². The third-order valence-electron chi connectivity index (χ3n) is 3.88. The first-order chi connectivity index (χ1) is 13.2. The van der Waals surface area contributed by atoms with Crippen molar-refractivity contribution in [2.24, 2.45) is 0 Å². The van der Waals surface area contributed by atoms with Crippen LogP contribution in [0.2, 0.25) is 0 Å². The van der Waals surface area contributed by atoms with E-state index in [0.717, 1.165) is 6.20 Å². The summed E-state index contributed by atoms with van der Waals surface area (Å²) >= 11 is 0. The highest BCUT2D eigenvalue weighted by atomic mass is 16.6. The molecule has 0 bridgehead atoms. The lowest BCUT2D eigenvalue weighted by molar-refractivity contribution is -0.400. The summed E-state index contributed by atoms with van der Waals surface area (Å²) in [4.78, 5) is 21.9. The summed E-state index contributed by atoms with van der Waals surface area (Å²) in [5, 5.41) is 10.4. The molecule has 0 aliphatic heterocycles. The quantitative estimate of drug-likeness (QED) is 0.307. The normalized spacial score (nSPS) is 11.3. The van der Waals surface area contributed by atoms with Gasteiger partial charge in [-0.15, -0.1) is 0 Å². The van der Waals surface area contributed by atoms with Gasteiger partial charge in [0.25, 0.3) is 0 Å². The van der Waals surface area contributed by atoms with E-state index in [9.17, 15) is 14.9 Å². The van der Waals surface area contributed by atoms with Gasteiger partial charge in [-0.2, -0.15) is 0 Å². The number of methoxy groups -OCH3 is 1. The van der Waals surface area contributed by atoms with E-state index in [2.05, 4.69) is 20.8 Å². The third-order valence-corrected chi connectivity index (χ3v) is 3.88. The van der Waals surface area contributed by atoms with Crippen molar-refractivity contribution in [1.82, 2.24) is 0 Å². The van der Waals surface area contributed by atoms with Crippen molar-refractivity contribution in [3.05, 3.63) is 69.9 Å². The largest absolute Gasteiger partial charge is 0.493 e. The van der Waals surface area contributed by atoms with E-state index in [-0.39, 0.29) is 23.5 Å². The fourth-order valence-electron chi connectivity index (χ4n) is 2.36. The van der Waals surface area contributed by atoms with E-state index in [0.29, 0.717) is 11.3 Å². The van der Waals surface area contributed by atoms with Crippen molar-refractivity contribution in [2.75, 3.05) is 13.7 Å². The van der Waals surface area contributed by atoms with Gasteiger partial charge in [0.05, 0.1) is 12.0 Å². The van der Waals surface area contributed by atoms with Gasteiger partial charge in [-0.05, 0) is 40.8 Å². The molecule has 0 radical (unpaired) electrons. The van der Waals surface area contributed by atoms with E-state index in [1.165, 1.54) is 30.9 Å². The van der Waals surface area contributed by atoms with Crippen LogP contribution in [0.15, 0.2) is 48.7 Å². The molecule has 0 saturated carbocycles. The van der Waals surface area contributed by atoms with Crippen molar-refractivity contribution >= 4 is 12.0 Å². The Morgan fingerprint density at radius 3 is 2.36 bits per heavy atom. The van der Waals surface area contributed by atoms with Crippen molar-refractivity contribution in [3.63, 3.8) is 0 Å². The van der Waals surface area contributed by atoms with Gasteiger partial charge in [-0.25, -0.2) is 4.79 Å². The van der Waals surface area contributed by atoms with E-state index in [4.69, 9.17) is 14.2 Å². The van der Waals surface area contributed by atoms with Crippen molar-refractivity contribution < 1.29 is 23.9 Å².